The minimum atomic E-state index is -1.20. The van der Waals surface area contributed by atoms with E-state index in [1.54, 1.807) is 0 Å². The highest BCUT2D eigenvalue weighted by molar-refractivity contribution is 5.23. The van der Waals surface area contributed by atoms with Gasteiger partial charge in [-0.2, -0.15) is 0 Å². The molecule has 0 amide bonds. The molecule has 0 atom stereocenters. The van der Waals surface area contributed by atoms with E-state index in [0.717, 1.165) is 0 Å². The summed E-state index contributed by atoms with van der Waals surface area (Å²) in [6.45, 7) is 5.63. The van der Waals surface area contributed by atoms with Gasteiger partial charge in [0.05, 0.1) is 0 Å². The molecule has 50 valence electrons. The fourth-order valence-electron chi connectivity index (χ4n) is 0.226. The monoisotopic (exact) mass is 132 g/mol. The van der Waals surface area contributed by atoms with Crippen molar-refractivity contribution in [1.82, 2.24) is 0 Å². The van der Waals surface area contributed by atoms with Crippen LogP contribution in [0.3, 0.4) is 0 Å². The van der Waals surface area contributed by atoms with Crippen molar-refractivity contribution in [3.8, 4) is 0 Å². The molecule has 0 aromatic carbocycles. The summed E-state index contributed by atoms with van der Waals surface area (Å²) >= 11 is 0. The minimum absolute atomic E-state index is 0.695. The van der Waals surface area contributed by atoms with Gasteiger partial charge in [-0.3, -0.25) is 0 Å². The summed E-state index contributed by atoms with van der Waals surface area (Å²) in [4.78, 5) is 0. The molecule has 0 aliphatic heterocycles. The second kappa shape index (κ2) is 3.02. The highest BCUT2D eigenvalue weighted by atomic mass is 19.1. The minimum Gasteiger partial charge on any atom is -0.503 e. The summed E-state index contributed by atoms with van der Waals surface area (Å²) in [7, 11) is 0. The molecule has 0 aliphatic rings. The Labute approximate surface area is 51.6 Å². The molecule has 0 heterocycles. The van der Waals surface area contributed by atoms with Crippen molar-refractivity contribution in [2.75, 3.05) is 0 Å². The molecule has 1 nitrogen and oxygen atoms in total. The summed E-state index contributed by atoms with van der Waals surface area (Å²) in [5.41, 5.74) is 0. The lowest BCUT2D eigenvalue weighted by molar-refractivity contribution is 0.368. The molecule has 0 aromatic heterocycles. The molecular weight excluding hydrogens is 126 g/mol. The Morgan fingerprint density at radius 3 is 2.00 bits per heavy atom. The Bertz CT molecular complexity index is 170. The zero-order chi connectivity index (χ0) is 7.44. The molecule has 0 bridgehead atoms. The quantitative estimate of drug-likeness (QED) is 0.451. The van der Waals surface area contributed by atoms with E-state index in [0.29, 0.717) is 6.08 Å². The van der Waals surface area contributed by atoms with Gasteiger partial charge < -0.3 is 5.11 Å². The van der Waals surface area contributed by atoms with Gasteiger partial charge in [-0.1, -0.05) is 13.2 Å². The third-order valence-corrected chi connectivity index (χ3v) is 0.662. The van der Waals surface area contributed by atoms with Gasteiger partial charge in [0.15, 0.2) is 17.4 Å². The van der Waals surface area contributed by atoms with Crippen molar-refractivity contribution >= 4 is 0 Å². The zero-order valence-electron chi connectivity index (χ0n) is 4.69. The fourth-order valence-corrected chi connectivity index (χ4v) is 0.226. The molecule has 0 fully saturated rings. The number of hydrogen-bond acceptors (Lipinski definition) is 1. The lowest BCUT2D eigenvalue weighted by atomic mass is 10.4. The number of aliphatic hydroxyl groups excluding tert-OH is 1. The van der Waals surface area contributed by atoms with Crippen LogP contribution in [0.1, 0.15) is 0 Å². The highest BCUT2D eigenvalue weighted by Gasteiger charge is 2.03. The van der Waals surface area contributed by atoms with Gasteiger partial charge in [0, 0.05) is 0 Å². The molecule has 0 aliphatic carbocycles. The van der Waals surface area contributed by atoms with Gasteiger partial charge in [-0.25, -0.2) is 8.78 Å². The van der Waals surface area contributed by atoms with Crippen molar-refractivity contribution in [3.63, 3.8) is 0 Å². The summed E-state index contributed by atoms with van der Waals surface area (Å²) in [5, 5.41) is 8.35. The molecule has 0 unspecified atom stereocenters. The summed E-state index contributed by atoms with van der Waals surface area (Å²) in [6.07, 6.45) is 0.695. The summed E-state index contributed by atoms with van der Waals surface area (Å²) < 4.78 is 23.7. The lowest BCUT2D eigenvalue weighted by Gasteiger charge is -1.91. The van der Waals surface area contributed by atoms with Crippen LogP contribution in [0.2, 0.25) is 0 Å². The zero-order valence-corrected chi connectivity index (χ0v) is 4.69. The van der Waals surface area contributed by atoms with Gasteiger partial charge in [0.25, 0.3) is 0 Å². The normalized spacial score (nSPS) is 12.2. The lowest BCUT2D eigenvalue weighted by Crippen LogP contribution is -1.82. The Morgan fingerprint density at radius 2 is 1.89 bits per heavy atom. The highest BCUT2D eigenvalue weighted by Crippen LogP contribution is 2.12. The van der Waals surface area contributed by atoms with Gasteiger partial charge in [-0.15, -0.1) is 0 Å². The summed E-state index contributed by atoms with van der Waals surface area (Å²) in [5.74, 6) is -3.40. The predicted octanol–water partition coefficient (Wildman–Crippen LogP) is 2.39. The number of hydrogen-bond donors (Lipinski definition) is 1. The second-order valence-corrected chi connectivity index (χ2v) is 1.31. The van der Waals surface area contributed by atoms with E-state index in [1.165, 1.54) is 0 Å². The van der Waals surface area contributed by atoms with E-state index in [4.69, 9.17) is 5.11 Å². The first-order valence-corrected chi connectivity index (χ1v) is 2.15. The SMILES string of the molecule is C=C/C(F)=C(/O)C(=C)F. The molecule has 0 spiro atoms. The van der Waals surface area contributed by atoms with Crippen LogP contribution in [-0.4, -0.2) is 5.11 Å². The predicted molar refractivity (Wildman–Crippen MR) is 31.2 cm³/mol. The van der Waals surface area contributed by atoms with Crippen LogP contribution in [0.25, 0.3) is 0 Å². The van der Waals surface area contributed by atoms with Gasteiger partial charge in [0.2, 0.25) is 0 Å². The van der Waals surface area contributed by atoms with Crippen molar-refractivity contribution in [2.24, 2.45) is 0 Å². The Morgan fingerprint density at radius 1 is 1.44 bits per heavy atom. The van der Waals surface area contributed by atoms with E-state index in [2.05, 4.69) is 13.2 Å². The third-order valence-electron chi connectivity index (χ3n) is 0.662. The topological polar surface area (TPSA) is 20.2 Å². The molecule has 0 aromatic rings. The average Bonchev–Trinajstić information content (AvgIpc) is 1.84. The standard InChI is InChI=1S/C6H6F2O/c1-3-5(8)6(9)4(2)7/h3,9H,1-2H2/b6-5-. The second-order valence-electron chi connectivity index (χ2n) is 1.31. The Hall–Kier alpha value is -1.12. The van der Waals surface area contributed by atoms with Crippen molar-refractivity contribution < 1.29 is 13.9 Å². The molecule has 0 saturated heterocycles. The average molecular weight is 132 g/mol. The number of aliphatic hydroxyl groups is 1. The smallest absolute Gasteiger partial charge is 0.187 e. The largest absolute Gasteiger partial charge is 0.503 e. The molecule has 1 N–H and O–H groups in total. The van der Waals surface area contributed by atoms with E-state index in [1.807, 2.05) is 0 Å². The first kappa shape index (κ1) is 7.88. The van der Waals surface area contributed by atoms with Crippen LogP contribution in [0.4, 0.5) is 8.78 Å². The maximum atomic E-state index is 12.0. The van der Waals surface area contributed by atoms with Crippen LogP contribution in [-0.2, 0) is 0 Å². The molecule has 3 heteroatoms. The molecule has 0 radical (unpaired) electrons. The van der Waals surface area contributed by atoms with Gasteiger partial charge in [-0.05, 0) is 6.08 Å². The van der Waals surface area contributed by atoms with Crippen LogP contribution in [0.5, 0.6) is 0 Å². The summed E-state index contributed by atoms with van der Waals surface area (Å²) in [6, 6.07) is 0. The van der Waals surface area contributed by atoms with Gasteiger partial charge >= 0.3 is 0 Å². The number of halogens is 2. The van der Waals surface area contributed by atoms with E-state index < -0.39 is 17.4 Å². The molecule has 0 rings (SSSR count). The maximum Gasteiger partial charge on any atom is 0.187 e. The van der Waals surface area contributed by atoms with Crippen LogP contribution < -0.4 is 0 Å². The molecule has 0 saturated carbocycles. The van der Waals surface area contributed by atoms with E-state index >= 15 is 0 Å². The Kier molecular flexibility index (Phi) is 2.64. The molecule has 9 heavy (non-hydrogen) atoms. The number of allylic oxidation sites excluding steroid dienone is 3. The number of rotatable bonds is 2. The van der Waals surface area contributed by atoms with Crippen LogP contribution >= 0.6 is 0 Å². The van der Waals surface area contributed by atoms with Crippen molar-refractivity contribution in [1.29, 1.82) is 0 Å². The van der Waals surface area contributed by atoms with E-state index in [9.17, 15) is 8.78 Å². The fraction of sp³-hybridized carbons (Fsp3) is 0. The van der Waals surface area contributed by atoms with E-state index in [-0.39, 0.29) is 0 Å². The van der Waals surface area contributed by atoms with Crippen LogP contribution in [0.15, 0.2) is 36.6 Å². The Balaban J connectivity index is 4.47. The first-order chi connectivity index (χ1) is 4.09. The maximum absolute atomic E-state index is 12.0. The third kappa shape index (κ3) is 2.08. The first-order valence-electron chi connectivity index (χ1n) is 2.15. The van der Waals surface area contributed by atoms with Crippen molar-refractivity contribution in [3.05, 3.63) is 36.6 Å². The van der Waals surface area contributed by atoms with Crippen LogP contribution in [0, 0.1) is 0 Å². The molecular formula is C6H6F2O. The van der Waals surface area contributed by atoms with Crippen molar-refractivity contribution in [2.45, 2.75) is 0 Å². The van der Waals surface area contributed by atoms with Gasteiger partial charge in [0.1, 0.15) is 0 Å².